The maximum absolute atomic E-state index is 11.1. The number of anilines is 1. The molecule has 1 atom stereocenters. The summed E-state index contributed by atoms with van der Waals surface area (Å²) in [6.07, 6.45) is 1.45. The second-order valence-electron chi connectivity index (χ2n) is 5.38. The molecule has 2 aromatic rings. The molecule has 0 aliphatic carbocycles. The highest BCUT2D eigenvalue weighted by Crippen LogP contribution is 2.39. The van der Waals surface area contributed by atoms with E-state index in [1.807, 2.05) is 36.4 Å². The summed E-state index contributed by atoms with van der Waals surface area (Å²) in [5.41, 5.74) is 2.63. The minimum absolute atomic E-state index is 0.679. The summed E-state index contributed by atoms with van der Waals surface area (Å²) < 4.78 is 0. The second kappa shape index (κ2) is 4.71. The number of aliphatic hydroxyl groups is 1. The Morgan fingerprint density at radius 3 is 2.53 bits per heavy atom. The van der Waals surface area contributed by atoms with Gasteiger partial charge in [0.1, 0.15) is 0 Å². The van der Waals surface area contributed by atoms with Crippen molar-refractivity contribution in [2.45, 2.75) is 18.4 Å². The predicted molar refractivity (Wildman–Crippen MR) is 78.4 cm³/mol. The molecule has 3 rings (SSSR count). The van der Waals surface area contributed by atoms with E-state index in [9.17, 15) is 5.11 Å². The first-order valence-corrected chi connectivity index (χ1v) is 6.76. The molecule has 19 heavy (non-hydrogen) atoms. The van der Waals surface area contributed by atoms with Crippen molar-refractivity contribution in [3.63, 3.8) is 0 Å². The quantitative estimate of drug-likeness (QED) is 0.889. The zero-order valence-electron chi connectivity index (χ0n) is 11.2. The van der Waals surface area contributed by atoms with Gasteiger partial charge in [0.25, 0.3) is 0 Å². The average Bonchev–Trinajstić information content (AvgIpc) is 2.45. The highest BCUT2D eigenvalue weighted by Gasteiger charge is 2.35. The lowest BCUT2D eigenvalue weighted by atomic mass is 9.81. The lowest BCUT2D eigenvalue weighted by molar-refractivity contribution is 0.0261. The highest BCUT2D eigenvalue weighted by molar-refractivity contribution is 5.58. The van der Waals surface area contributed by atoms with E-state index in [1.54, 1.807) is 0 Å². The molecule has 0 spiro atoms. The number of rotatable bonds is 2. The molecule has 2 heteroatoms. The smallest absolute Gasteiger partial charge is 0.0973 e. The van der Waals surface area contributed by atoms with Crippen LogP contribution in [0.2, 0.25) is 0 Å². The van der Waals surface area contributed by atoms with Gasteiger partial charge in [-0.1, -0.05) is 48.5 Å². The lowest BCUT2D eigenvalue weighted by Crippen LogP contribution is -2.40. The molecule has 0 saturated heterocycles. The first-order valence-electron chi connectivity index (χ1n) is 6.76. The number of hydrogen-bond donors (Lipinski definition) is 1. The van der Waals surface area contributed by atoms with Crippen LogP contribution in [0.4, 0.5) is 5.69 Å². The molecule has 2 nitrogen and oxygen atoms in total. The maximum Gasteiger partial charge on any atom is 0.0973 e. The van der Waals surface area contributed by atoms with Crippen molar-refractivity contribution < 1.29 is 5.11 Å². The van der Waals surface area contributed by atoms with Gasteiger partial charge in [-0.15, -0.1) is 0 Å². The van der Waals surface area contributed by atoms with Crippen molar-refractivity contribution in [1.82, 2.24) is 0 Å². The Hall–Kier alpha value is -1.80. The molecular formula is C17H19NO. The number of fused-ring (bicyclic) bond motifs is 1. The zero-order valence-corrected chi connectivity index (χ0v) is 11.2. The van der Waals surface area contributed by atoms with Crippen LogP contribution in [0.5, 0.6) is 0 Å². The minimum Gasteiger partial charge on any atom is -0.385 e. The Balaban J connectivity index is 1.99. The molecular weight excluding hydrogens is 234 g/mol. The first kappa shape index (κ1) is 12.2. The van der Waals surface area contributed by atoms with E-state index in [1.165, 1.54) is 5.56 Å². The molecule has 0 bridgehead atoms. The summed E-state index contributed by atoms with van der Waals surface area (Å²) in [7, 11) is 2.08. The van der Waals surface area contributed by atoms with Gasteiger partial charge in [0.15, 0.2) is 0 Å². The predicted octanol–water partition coefficient (Wildman–Crippen LogP) is 2.96. The van der Waals surface area contributed by atoms with Crippen LogP contribution < -0.4 is 4.90 Å². The van der Waals surface area contributed by atoms with Gasteiger partial charge in [0, 0.05) is 31.3 Å². The molecule has 0 unspecified atom stereocenters. The molecule has 0 radical (unpaired) electrons. The van der Waals surface area contributed by atoms with E-state index in [2.05, 4.69) is 30.1 Å². The maximum atomic E-state index is 11.1. The number of benzene rings is 2. The summed E-state index contributed by atoms with van der Waals surface area (Å²) in [5, 5.41) is 11.1. The Morgan fingerprint density at radius 1 is 1.05 bits per heavy atom. The third-order valence-corrected chi connectivity index (χ3v) is 4.02. The molecule has 1 N–H and O–H groups in total. The average molecular weight is 253 g/mol. The van der Waals surface area contributed by atoms with Crippen molar-refractivity contribution in [3.05, 3.63) is 65.7 Å². The van der Waals surface area contributed by atoms with E-state index >= 15 is 0 Å². The third-order valence-electron chi connectivity index (χ3n) is 4.02. The van der Waals surface area contributed by atoms with Crippen molar-refractivity contribution >= 4 is 5.69 Å². The highest BCUT2D eigenvalue weighted by atomic mass is 16.3. The fourth-order valence-electron chi connectivity index (χ4n) is 2.92. The molecule has 98 valence electrons. The van der Waals surface area contributed by atoms with Crippen LogP contribution in [-0.2, 0) is 12.0 Å². The van der Waals surface area contributed by atoms with Crippen molar-refractivity contribution in [3.8, 4) is 0 Å². The second-order valence-corrected chi connectivity index (χ2v) is 5.38. The van der Waals surface area contributed by atoms with E-state index in [-0.39, 0.29) is 0 Å². The largest absolute Gasteiger partial charge is 0.385 e. The van der Waals surface area contributed by atoms with Gasteiger partial charge >= 0.3 is 0 Å². The van der Waals surface area contributed by atoms with Crippen molar-refractivity contribution in [2.24, 2.45) is 0 Å². The van der Waals surface area contributed by atoms with E-state index in [0.29, 0.717) is 6.42 Å². The fourth-order valence-corrected chi connectivity index (χ4v) is 2.92. The van der Waals surface area contributed by atoms with Crippen LogP contribution in [0.3, 0.4) is 0 Å². The van der Waals surface area contributed by atoms with Crippen LogP contribution in [0.15, 0.2) is 54.6 Å². The van der Waals surface area contributed by atoms with Gasteiger partial charge in [0.05, 0.1) is 5.60 Å². The van der Waals surface area contributed by atoms with Gasteiger partial charge < -0.3 is 10.0 Å². The summed E-state index contributed by atoms with van der Waals surface area (Å²) in [6.45, 7) is 0.889. The molecule has 0 saturated carbocycles. The summed E-state index contributed by atoms with van der Waals surface area (Å²) in [5.74, 6) is 0. The molecule has 0 fully saturated rings. The number of para-hydroxylation sites is 1. The van der Waals surface area contributed by atoms with Crippen LogP contribution in [-0.4, -0.2) is 18.7 Å². The van der Waals surface area contributed by atoms with Gasteiger partial charge in [-0.05, 0) is 18.1 Å². The molecule has 0 aromatic heterocycles. The van der Waals surface area contributed by atoms with Gasteiger partial charge in [0.2, 0.25) is 0 Å². The minimum atomic E-state index is -0.746. The van der Waals surface area contributed by atoms with Crippen LogP contribution in [0.25, 0.3) is 0 Å². The Labute approximate surface area is 114 Å². The molecule has 1 aliphatic heterocycles. The fraction of sp³-hybridized carbons (Fsp3) is 0.294. The van der Waals surface area contributed by atoms with E-state index in [0.717, 1.165) is 24.2 Å². The molecule has 1 aliphatic rings. The zero-order chi connectivity index (χ0) is 13.3. The lowest BCUT2D eigenvalue weighted by Gasteiger charge is -2.39. The Morgan fingerprint density at radius 2 is 1.74 bits per heavy atom. The summed E-state index contributed by atoms with van der Waals surface area (Å²) in [4.78, 5) is 2.22. The van der Waals surface area contributed by atoms with E-state index < -0.39 is 5.60 Å². The normalized spacial score (nSPS) is 22.1. The van der Waals surface area contributed by atoms with Gasteiger partial charge in [-0.25, -0.2) is 0 Å². The third kappa shape index (κ3) is 2.24. The van der Waals surface area contributed by atoms with Crippen molar-refractivity contribution in [2.75, 3.05) is 18.5 Å². The van der Waals surface area contributed by atoms with Gasteiger partial charge in [-0.3, -0.25) is 0 Å². The van der Waals surface area contributed by atoms with E-state index in [4.69, 9.17) is 0 Å². The Bertz CT molecular complexity index is 566. The SMILES string of the molecule is CN1CC[C@@](O)(Cc2ccccc2)c2ccccc21. The number of nitrogens with zero attached hydrogens (tertiary/aromatic N) is 1. The molecule has 1 heterocycles. The van der Waals surface area contributed by atoms with Crippen LogP contribution in [0, 0.1) is 0 Å². The summed E-state index contributed by atoms with van der Waals surface area (Å²) in [6, 6.07) is 18.4. The van der Waals surface area contributed by atoms with Crippen LogP contribution >= 0.6 is 0 Å². The summed E-state index contributed by atoms with van der Waals surface area (Å²) >= 11 is 0. The topological polar surface area (TPSA) is 23.5 Å². The molecule has 2 aromatic carbocycles. The van der Waals surface area contributed by atoms with Gasteiger partial charge in [-0.2, -0.15) is 0 Å². The van der Waals surface area contributed by atoms with Crippen LogP contribution in [0.1, 0.15) is 17.5 Å². The monoisotopic (exact) mass is 253 g/mol. The van der Waals surface area contributed by atoms with Crippen molar-refractivity contribution in [1.29, 1.82) is 0 Å². The molecule has 0 amide bonds. The standard InChI is InChI=1S/C17H19NO/c1-18-12-11-17(19,13-14-7-3-2-4-8-14)15-9-5-6-10-16(15)18/h2-10,19H,11-13H2,1H3/t17-/m1/s1. The Kier molecular flexibility index (Phi) is 3.03. The number of hydrogen-bond acceptors (Lipinski definition) is 2. The first-order chi connectivity index (χ1) is 9.19.